The zero-order valence-corrected chi connectivity index (χ0v) is 11.0. The predicted octanol–water partition coefficient (Wildman–Crippen LogP) is 0.665. The third-order valence-corrected chi connectivity index (χ3v) is 2.40. The predicted molar refractivity (Wildman–Crippen MR) is 69.2 cm³/mol. The number of ether oxygens (including phenoxy) is 1. The van der Waals surface area contributed by atoms with E-state index in [1.165, 1.54) is 10.9 Å². The molecule has 0 radical (unpaired) electrons. The monoisotopic (exact) mass is 292 g/mol. The molecule has 0 aliphatic rings. The van der Waals surface area contributed by atoms with Crippen LogP contribution in [0.4, 0.5) is 14.6 Å². The van der Waals surface area contributed by atoms with Crippen molar-refractivity contribution in [3.63, 3.8) is 0 Å². The average Bonchev–Trinajstić information content (AvgIpc) is 2.66. The first kappa shape index (κ1) is 15.4. The van der Waals surface area contributed by atoms with E-state index in [4.69, 9.17) is 18.0 Å². The lowest BCUT2D eigenvalue weighted by Gasteiger charge is -2.08. The number of nitrogens with zero attached hydrogens (tertiary/aromatic N) is 2. The fourth-order valence-electron chi connectivity index (χ4n) is 1.30. The summed E-state index contributed by atoms with van der Waals surface area (Å²) in [6, 6.07) is 0. The number of carbonyl (C=O) groups excluding carboxylic acids is 1. The second-order valence-electron chi connectivity index (χ2n) is 3.66. The molecule has 1 aromatic rings. The number of hydrogen-bond donors (Lipinski definition) is 2. The minimum atomic E-state index is -2.54. The topological polar surface area (TPSA) is 82.2 Å². The maximum absolute atomic E-state index is 11.8. The van der Waals surface area contributed by atoms with E-state index in [1.54, 1.807) is 7.05 Å². The lowest BCUT2D eigenvalue weighted by Crippen LogP contribution is -2.20. The van der Waals surface area contributed by atoms with E-state index in [1.807, 2.05) is 0 Å². The van der Waals surface area contributed by atoms with Crippen LogP contribution in [0.1, 0.15) is 12.0 Å². The Morgan fingerprint density at radius 2 is 2.37 bits per heavy atom. The first-order valence-electron chi connectivity index (χ1n) is 5.39. The Balaban J connectivity index is 2.48. The Kier molecular flexibility index (Phi) is 5.77. The summed E-state index contributed by atoms with van der Waals surface area (Å²) in [5.41, 5.74) is 5.92. The van der Waals surface area contributed by atoms with Gasteiger partial charge in [0.2, 0.25) is 5.91 Å². The molecule has 19 heavy (non-hydrogen) atoms. The summed E-state index contributed by atoms with van der Waals surface area (Å²) in [5.74, 6) is -0.0262. The molecular formula is C10H14F2N4O2S. The summed E-state index contributed by atoms with van der Waals surface area (Å²) in [6.07, 6.45) is -1.15. The molecule has 0 saturated carbocycles. The molecule has 1 aromatic heterocycles. The number of thiocarbonyl (C=S) groups is 1. The number of carbonyl (C=O) groups is 1. The van der Waals surface area contributed by atoms with Crippen molar-refractivity contribution in [3.8, 4) is 0 Å². The molecule has 0 aliphatic carbocycles. The standard InChI is InChI=1S/C10H14F2N4O2S/c1-16-10(6(4-14-16)9(13)19)15-8(17)2-3-18-5-7(11)12/h4,7H,2-3,5H2,1H3,(H2,13,19)(H,15,17). The van der Waals surface area contributed by atoms with Crippen LogP contribution in [-0.2, 0) is 16.6 Å². The second-order valence-corrected chi connectivity index (χ2v) is 4.10. The van der Waals surface area contributed by atoms with Gasteiger partial charge in [0.25, 0.3) is 6.43 Å². The quantitative estimate of drug-likeness (QED) is 0.570. The number of aryl methyl sites for hydroxylation is 1. The molecule has 0 fully saturated rings. The van der Waals surface area contributed by atoms with Gasteiger partial charge >= 0.3 is 0 Å². The summed E-state index contributed by atoms with van der Waals surface area (Å²) >= 11 is 4.82. The number of halogens is 2. The van der Waals surface area contributed by atoms with Crippen LogP contribution in [-0.4, -0.2) is 40.3 Å². The second kappa shape index (κ2) is 7.10. The van der Waals surface area contributed by atoms with Crippen LogP contribution < -0.4 is 11.1 Å². The van der Waals surface area contributed by atoms with Gasteiger partial charge in [0.1, 0.15) is 17.4 Å². The number of rotatable bonds is 7. The van der Waals surface area contributed by atoms with Gasteiger partial charge in [0.15, 0.2) is 0 Å². The first-order valence-corrected chi connectivity index (χ1v) is 5.80. The summed E-state index contributed by atoms with van der Waals surface area (Å²) < 4.78 is 29.6. The third-order valence-electron chi connectivity index (χ3n) is 2.18. The van der Waals surface area contributed by atoms with Gasteiger partial charge < -0.3 is 15.8 Å². The zero-order valence-electron chi connectivity index (χ0n) is 10.2. The van der Waals surface area contributed by atoms with E-state index < -0.39 is 18.9 Å². The molecule has 3 N–H and O–H groups in total. The summed E-state index contributed by atoms with van der Waals surface area (Å²) in [5, 5.41) is 6.47. The van der Waals surface area contributed by atoms with Crippen molar-refractivity contribution in [1.29, 1.82) is 0 Å². The molecule has 0 bridgehead atoms. The summed E-state index contributed by atoms with van der Waals surface area (Å²) in [6.45, 7) is -0.770. The first-order chi connectivity index (χ1) is 8.91. The molecule has 0 aromatic carbocycles. The van der Waals surface area contributed by atoms with E-state index >= 15 is 0 Å². The number of nitrogens with two attached hydrogens (primary N) is 1. The molecule has 0 aliphatic heterocycles. The summed E-state index contributed by atoms with van der Waals surface area (Å²) in [7, 11) is 1.62. The minimum absolute atomic E-state index is 0.0470. The van der Waals surface area contributed by atoms with Crippen LogP contribution in [0.25, 0.3) is 0 Å². The molecule has 0 atom stereocenters. The minimum Gasteiger partial charge on any atom is -0.389 e. The molecule has 6 nitrogen and oxygen atoms in total. The lowest BCUT2D eigenvalue weighted by molar-refractivity contribution is -0.117. The number of alkyl halides is 2. The highest BCUT2D eigenvalue weighted by Crippen LogP contribution is 2.13. The number of nitrogens with one attached hydrogen (secondary N) is 1. The van der Waals surface area contributed by atoms with Crippen LogP contribution in [0, 0.1) is 0 Å². The fourth-order valence-corrected chi connectivity index (χ4v) is 1.45. The SMILES string of the molecule is Cn1ncc(C(N)=S)c1NC(=O)CCOCC(F)F. The average molecular weight is 292 g/mol. The molecule has 1 amide bonds. The van der Waals surface area contributed by atoms with Gasteiger partial charge in [-0.3, -0.25) is 9.48 Å². The third kappa shape index (κ3) is 4.87. The molecule has 106 valence electrons. The van der Waals surface area contributed by atoms with Crippen LogP contribution in [0.3, 0.4) is 0 Å². The van der Waals surface area contributed by atoms with Crippen LogP contribution in [0.2, 0.25) is 0 Å². The van der Waals surface area contributed by atoms with Gasteiger partial charge in [0.05, 0.1) is 24.8 Å². The molecule has 1 rings (SSSR count). The highest BCUT2D eigenvalue weighted by atomic mass is 32.1. The van der Waals surface area contributed by atoms with Gasteiger partial charge in [-0.15, -0.1) is 0 Å². The van der Waals surface area contributed by atoms with Gasteiger partial charge in [-0.1, -0.05) is 12.2 Å². The van der Waals surface area contributed by atoms with Crippen molar-refractivity contribution in [3.05, 3.63) is 11.8 Å². The van der Waals surface area contributed by atoms with Gasteiger partial charge in [-0.25, -0.2) is 8.78 Å². The normalized spacial score (nSPS) is 10.7. The maximum Gasteiger partial charge on any atom is 0.261 e. The number of anilines is 1. The van der Waals surface area contributed by atoms with E-state index in [9.17, 15) is 13.6 Å². The van der Waals surface area contributed by atoms with E-state index in [2.05, 4.69) is 15.2 Å². The Morgan fingerprint density at radius 3 is 2.95 bits per heavy atom. The molecule has 0 spiro atoms. The van der Waals surface area contributed by atoms with Crippen molar-refractivity contribution in [2.24, 2.45) is 12.8 Å². The maximum atomic E-state index is 11.8. The lowest BCUT2D eigenvalue weighted by atomic mass is 10.3. The van der Waals surface area contributed by atoms with Crippen molar-refractivity contribution in [2.45, 2.75) is 12.8 Å². The van der Waals surface area contributed by atoms with Crippen LogP contribution >= 0.6 is 12.2 Å². The van der Waals surface area contributed by atoms with Gasteiger partial charge in [-0.2, -0.15) is 5.10 Å². The fraction of sp³-hybridized carbons (Fsp3) is 0.500. The van der Waals surface area contributed by atoms with E-state index in [-0.39, 0.29) is 18.0 Å². The molecule has 9 heteroatoms. The summed E-state index contributed by atoms with van der Waals surface area (Å²) in [4.78, 5) is 11.7. The van der Waals surface area contributed by atoms with Crippen molar-refractivity contribution in [2.75, 3.05) is 18.5 Å². The number of amides is 1. The Labute approximate surface area is 113 Å². The van der Waals surface area contributed by atoms with Crippen molar-refractivity contribution in [1.82, 2.24) is 9.78 Å². The number of hydrogen-bond acceptors (Lipinski definition) is 4. The van der Waals surface area contributed by atoms with Gasteiger partial charge in [-0.05, 0) is 0 Å². The van der Waals surface area contributed by atoms with Crippen LogP contribution in [0.15, 0.2) is 6.20 Å². The molecule has 0 unspecified atom stereocenters. The largest absolute Gasteiger partial charge is 0.389 e. The number of aromatic nitrogens is 2. The molecular weight excluding hydrogens is 278 g/mol. The van der Waals surface area contributed by atoms with Gasteiger partial charge in [0, 0.05) is 7.05 Å². The van der Waals surface area contributed by atoms with Crippen LogP contribution in [0.5, 0.6) is 0 Å². The Hall–Kier alpha value is -1.61. The Morgan fingerprint density at radius 1 is 1.68 bits per heavy atom. The van der Waals surface area contributed by atoms with E-state index in [0.29, 0.717) is 11.4 Å². The highest BCUT2D eigenvalue weighted by molar-refractivity contribution is 7.80. The smallest absolute Gasteiger partial charge is 0.261 e. The van der Waals surface area contributed by atoms with Crippen molar-refractivity contribution >= 4 is 28.9 Å². The molecule has 1 heterocycles. The van der Waals surface area contributed by atoms with E-state index in [0.717, 1.165) is 0 Å². The Bertz CT molecular complexity index is 464. The van der Waals surface area contributed by atoms with Crippen molar-refractivity contribution < 1.29 is 18.3 Å². The zero-order chi connectivity index (χ0) is 14.4. The highest BCUT2D eigenvalue weighted by Gasteiger charge is 2.13. The molecule has 0 saturated heterocycles.